The highest BCUT2D eigenvalue weighted by Crippen LogP contribution is 2.32. The van der Waals surface area contributed by atoms with Crippen LogP contribution in [0.15, 0.2) is 47.8 Å². The molecule has 0 bridgehead atoms. The van der Waals surface area contributed by atoms with Gasteiger partial charge in [0.25, 0.3) is 0 Å². The number of nitrogens with one attached hydrogen (secondary N) is 1. The first kappa shape index (κ1) is 12.3. The smallest absolute Gasteiger partial charge is 0.180 e. The van der Waals surface area contributed by atoms with E-state index in [4.69, 9.17) is 0 Å². The molecule has 1 aliphatic heterocycles. The average Bonchev–Trinajstić information content (AvgIpc) is 2.70. The summed E-state index contributed by atoms with van der Waals surface area (Å²) in [6.07, 6.45) is 3.15. The molecule has 3 rings (SSSR count). The van der Waals surface area contributed by atoms with E-state index in [0.29, 0.717) is 11.4 Å². The zero-order valence-electron chi connectivity index (χ0n) is 10.2. The molecule has 1 aliphatic rings. The van der Waals surface area contributed by atoms with E-state index >= 15 is 0 Å². The summed E-state index contributed by atoms with van der Waals surface area (Å²) in [5.74, 6) is 0.109. The van der Waals surface area contributed by atoms with Crippen molar-refractivity contribution in [1.29, 1.82) is 0 Å². The summed E-state index contributed by atoms with van der Waals surface area (Å²) in [7, 11) is -3.15. The third kappa shape index (κ3) is 2.36. The first-order valence-electron chi connectivity index (χ1n) is 5.97. The van der Waals surface area contributed by atoms with Gasteiger partial charge in [0, 0.05) is 18.8 Å². The second-order valence-corrected chi connectivity index (χ2v) is 6.46. The summed E-state index contributed by atoms with van der Waals surface area (Å²) < 4.78 is 24.0. The van der Waals surface area contributed by atoms with Crippen LogP contribution in [-0.4, -0.2) is 24.1 Å². The van der Waals surface area contributed by atoms with Crippen molar-refractivity contribution < 1.29 is 8.42 Å². The van der Waals surface area contributed by atoms with E-state index < -0.39 is 9.84 Å². The molecule has 6 heteroatoms. The van der Waals surface area contributed by atoms with Crippen LogP contribution < -0.4 is 5.32 Å². The Labute approximate surface area is 111 Å². The number of benzene rings is 1. The Morgan fingerprint density at radius 1 is 1.26 bits per heavy atom. The van der Waals surface area contributed by atoms with Crippen molar-refractivity contribution in [3.8, 4) is 0 Å². The summed E-state index contributed by atoms with van der Waals surface area (Å²) in [5.41, 5.74) is 1.69. The lowest BCUT2D eigenvalue weighted by Gasteiger charge is -2.11. The van der Waals surface area contributed by atoms with Gasteiger partial charge in [-0.2, -0.15) is 0 Å². The molecule has 0 saturated heterocycles. The highest BCUT2D eigenvalue weighted by atomic mass is 32.2. The number of rotatable bonds is 3. The van der Waals surface area contributed by atoms with E-state index in [9.17, 15) is 8.42 Å². The number of hydrogen-bond acceptors (Lipinski definition) is 5. The minimum Gasteiger partial charge on any atom is -0.303 e. The van der Waals surface area contributed by atoms with E-state index in [1.165, 1.54) is 6.33 Å². The lowest BCUT2D eigenvalue weighted by molar-refractivity contribution is 0.561. The van der Waals surface area contributed by atoms with E-state index in [1.54, 1.807) is 18.3 Å². The molecule has 0 saturated carbocycles. The fourth-order valence-electron chi connectivity index (χ4n) is 2.27. The summed E-state index contributed by atoms with van der Waals surface area (Å²) >= 11 is 0. The molecule has 2 aromatic rings. The number of hydrogen-bond donors (Lipinski definition) is 1. The van der Waals surface area contributed by atoms with Gasteiger partial charge in [0.15, 0.2) is 9.84 Å². The van der Waals surface area contributed by atoms with Crippen molar-refractivity contribution in [2.24, 2.45) is 0 Å². The van der Waals surface area contributed by atoms with Crippen LogP contribution in [0.2, 0.25) is 0 Å². The fraction of sp³-hybridized carbons (Fsp3) is 0.231. The first-order valence-corrected chi connectivity index (χ1v) is 7.62. The number of sulfone groups is 1. The standard InChI is InChI=1S/C13H13N3O2S/c17-19(18)8-12(11-3-1-2-4-13(11)19)15-7-10-5-6-14-9-16-10/h1-6,9,12,15H,7-8H2. The maximum atomic E-state index is 12.0. The van der Waals surface area contributed by atoms with Crippen LogP contribution in [0.1, 0.15) is 17.3 Å². The van der Waals surface area contributed by atoms with Gasteiger partial charge >= 0.3 is 0 Å². The van der Waals surface area contributed by atoms with Gasteiger partial charge < -0.3 is 5.32 Å². The van der Waals surface area contributed by atoms with Gasteiger partial charge in [0.1, 0.15) is 6.33 Å². The zero-order chi connectivity index (χ0) is 13.3. The van der Waals surface area contributed by atoms with Crippen LogP contribution in [0.5, 0.6) is 0 Å². The molecule has 0 radical (unpaired) electrons. The Hall–Kier alpha value is -1.79. The molecule has 0 spiro atoms. The molecule has 98 valence electrons. The molecule has 1 aromatic heterocycles. The van der Waals surface area contributed by atoms with Gasteiger partial charge in [0.2, 0.25) is 0 Å². The Morgan fingerprint density at radius 3 is 2.89 bits per heavy atom. The van der Waals surface area contributed by atoms with Crippen LogP contribution in [-0.2, 0) is 16.4 Å². The summed E-state index contributed by atoms with van der Waals surface area (Å²) in [4.78, 5) is 8.40. The minimum absolute atomic E-state index is 0.109. The molecule has 1 unspecified atom stereocenters. The Bertz CT molecular complexity index is 686. The van der Waals surface area contributed by atoms with Gasteiger partial charge in [-0.05, 0) is 17.7 Å². The maximum absolute atomic E-state index is 12.0. The van der Waals surface area contributed by atoms with Gasteiger partial charge in [-0.3, -0.25) is 0 Å². The van der Waals surface area contributed by atoms with Crippen LogP contribution in [0, 0.1) is 0 Å². The number of fused-ring (bicyclic) bond motifs is 1. The fourth-order valence-corrected chi connectivity index (χ4v) is 4.04. The summed E-state index contributed by atoms with van der Waals surface area (Å²) in [5, 5.41) is 3.24. The van der Waals surface area contributed by atoms with Gasteiger partial charge in [-0.1, -0.05) is 18.2 Å². The Kier molecular flexibility index (Phi) is 3.04. The van der Waals surface area contributed by atoms with E-state index in [0.717, 1.165) is 11.3 Å². The minimum atomic E-state index is -3.15. The van der Waals surface area contributed by atoms with Crippen molar-refractivity contribution in [2.45, 2.75) is 17.5 Å². The Morgan fingerprint density at radius 2 is 2.11 bits per heavy atom. The molecular weight excluding hydrogens is 262 g/mol. The molecule has 1 aromatic carbocycles. The number of aromatic nitrogens is 2. The van der Waals surface area contributed by atoms with Gasteiger partial charge in [-0.15, -0.1) is 0 Å². The highest BCUT2D eigenvalue weighted by molar-refractivity contribution is 7.91. The number of nitrogens with zero attached hydrogens (tertiary/aromatic N) is 2. The highest BCUT2D eigenvalue weighted by Gasteiger charge is 2.33. The van der Waals surface area contributed by atoms with E-state index in [-0.39, 0.29) is 11.8 Å². The maximum Gasteiger partial charge on any atom is 0.180 e. The summed E-state index contributed by atoms with van der Waals surface area (Å²) in [6.45, 7) is 0.525. The second-order valence-electron chi connectivity index (χ2n) is 4.45. The quantitative estimate of drug-likeness (QED) is 0.908. The van der Waals surface area contributed by atoms with Crippen molar-refractivity contribution >= 4 is 9.84 Å². The molecule has 1 atom stereocenters. The van der Waals surface area contributed by atoms with Crippen molar-refractivity contribution in [1.82, 2.24) is 15.3 Å². The molecule has 0 aliphatic carbocycles. The van der Waals surface area contributed by atoms with Crippen molar-refractivity contribution in [3.05, 3.63) is 54.1 Å². The third-order valence-electron chi connectivity index (χ3n) is 3.19. The van der Waals surface area contributed by atoms with Crippen LogP contribution in [0.4, 0.5) is 0 Å². The predicted molar refractivity (Wildman–Crippen MR) is 70.1 cm³/mol. The summed E-state index contributed by atoms with van der Waals surface area (Å²) in [6, 6.07) is 8.77. The largest absolute Gasteiger partial charge is 0.303 e. The lowest BCUT2D eigenvalue weighted by atomic mass is 10.1. The Balaban J connectivity index is 1.81. The molecule has 1 N–H and O–H groups in total. The third-order valence-corrected chi connectivity index (χ3v) is 5.00. The lowest BCUT2D eigenvalue weighted by Crippen LogP contribution is -2.22. The zero-order valence-corrected chi connectivity index (χ0v) is 11.0. The van der Waals surface area contributed by atoms with E-state index in [2.05, 4.69) is 15.3 Å². The first-order chi connectivity index (χ1) is 9.17. The predicted octanol–water partition coefficient (Wildman–Crippen LogP) is 1.09. The van der Waals surface area contributed by atoms with Crippen molar-refractivity contribution in [2.75, 3.05) is 5.75 Å². The normalized spacial score (nSPS) is 20.1. The van der Waals surface area contributed by atoms with Gasteiger partial charge in [0.05, 0.1) is 16.3 Å². The molecular formula is C13H13N3O2S. The molecule has 0 fully saturated rings. The SMILES string of the molecule is O=S1(=O)CC(NCc2ccncn2)c2ccccc21. The molecule has 5 nitrogen and oxygen atoms in total. The van der Waals surface area contributed by atoms with E-state index in [1.807, 2.05) is 18.2 Å². The van der Waals surface area contributed by atoms with Crippen LogP contribution in [0.25, 0.3) is 0 Å². The average molecular weight is 275 g/mol. The topological polar surface area (TPSA) is 72.0 Å². The molecule has 2 heterocycles. The monoisotopic (exact) mass is 275 g/mol. The van der Waals surface area contributed by atoms with Gasteiger partial charge in [-0.25, -0.2) is 18.4 Å². The van der Waals surface area contributed by atoms with Crippen LogP contribution >= 0.6 is 0 Å². The van der Waals surface area contributed by atoms with Crippen LogP contribution in [0.3, 0.4) is 0 Å². The second kappa shape index (κ2) is 4.71. The molecule has 0 amide bonds. The van der Waals surface area contributed by atoms with Crippen molar-refractivity contribution in [3.63, 3.8) is 0 Å². The molecule has 19 heavy (non-hydrogen) atoms.